The molecule has 13 heavy (non-hydrogen) atoms. The molecule has 0 radical (unpaired) electrons. The fraction of sp³-hybridized carbons (Fsp3) is 0.444. The number of aliphatic hydroxyl groups excluding tert-OH is 1. The molecule has 0 aromatic carbocycles. The molecule has 0 spiro atoms. The van der Waals surface area contributed by atoms with Gasteiger partial charge in [-0.05, 0) is 6.42 Å². The Labute approximate surface area is 76.7 Å². The average Bonchev–Trinajstić information content (AvgIpc) is 2.18. The van der Waals surface area contributed by atoms with E-state index in [2.05, 4.69) is 9.97 Å². The molecule has 1 atom stereocenters. The molecule has 4 heteroatoms. The van der Waals surface area contributed by atoms with Crippen LogP contribution in [0.5, 0.6) is 0 Å². The third-order valence-electron chi connectivity index (χ3n) is 1.71. The van der Waals surface area contributed by atoms with Crippen LogP contribution in [0.4, 0.5) is 0 Å². The first-order valence-electron chi connectivity index (χ1n) is 4.23. The van der Waals surface area contributed by atoms with Crippen LogP contribution in [0.3, 0.4) is 0 Å². The fourth-order valence-corrected chi connectivity index (χ4v) is 1.02. The highest BCUT2D eigenvalue weighted by Gasteiger charge is 2.15. The number of rotatable bonds is 4. The third-order valence-corrected chi connectivity index (χ3v) is 1.71. The second kappa shape index (κ2) is 4.67. The van der Waals surface area contributed by atoms with Crippen molar-refractivity contribution < 1.29 is 9.90 Å². The lowest BCUT2D eigenvalue weighted by molar-refractivity contribution is 0.0728. The van der Waals surface area contributed by atoms with Crippen LogP contribution in [0.1, 0.15) is 30.1 Å². The zero-order chi connectivity index (χ0) is 9.68. The van der Waals surface area contributed by atoms with Crippen molar-refractivity contribution in [2.75, 3.05) is 0 Å². The molecule has 0 saturated carbocycles. The third kappa shape index (κ3) is 2.59. The molecule has 0 aliphatic heterocycles. The normalized spacial score (nSPS) is 12.5. The first-order valence-corrected chi connectivity index (χ1v) is 4.23. The van der Waals surface area contributed by atoms with E-state index in [1.54, 1.807) is 0 Å². The van der Waals surface area contributed by atoms with Crippen molar-refractivity contribution in [2.45, 2.75) is 25.9 Å². The molecular weight excluding hydrogens is 168 g/mol. The largest absolute Gasteiger partial charge is 0.385 e. The maximum Gasteiger partial charge on any atom is 0.194 e. The number of carbonyl (C=O) groups is 1. The quantitative estimate of drug-likeness (QED) is 0.697. The van der Waals surface area contributed by atoms with E-state index >= 15 is 0 Å². The molecule has 4 nitrogen and oxygen atoms in total. The van der Waals surface area contributed by atoms with Crippen molar-refractivity contribution in [2.24, 2.45) is 0 Å². The van der Waals surface area contributed by atoms with Crippen molar-refractivity contribution >= 4 is 5.78 Å². The van der Waals surface area contributed by atoms with Crippen LogP contribution in [-0.4, -0.2) is 27.0 Å². The molecule has 1 rings (SSSR count). The van der Waals surface area contributed by atoms with E-state index in [9.17, 15) is 9.90 Å². The Balaban J connectivity index is 2.68. The topological polar surface area (TPSA) is 63.1 Å². The van der Waals surface area contributed by atoms with Gasteiger partial charge in [0.1, 0.15) is 12.4 Å². The van der Waals surface area contributed by atoms with E-state index < -0.39 is 6.10 Å². The van der Waals surface area contributed by atoms with Gasteiger partial charge < -0.3 is 5.11 Å². The van der Waals surface area contributed by atoms with Gasteiger partial charge in [0.05, 0.1) is 5.56 Å². The van der Waals surface area contributed by atoms with Gasteiger partial charge in [0.2, 0.25) is 0 Å². The van der Waals surface area contributed by atoms with Crippen LogP contribution in [-0.2, 0) is 0 Å². The smallest absolute Gasteiger partial charge is 0.194 e. The summed E-state index contributed by atoms with van der Waals surface area (Å²) in [6.07, 6.45) is 4.51. The van der Waals surface area contributed by atoms with E-state index in [1.165, 1.54) is 18.7 Å². The number of hydrogen-bond acceptors (Lipinski definition) is 4. The van der Waals surface area contributed by atoms with Crippen molar-refractivity contribution in [3.8, 4) is 0 Å². The summed E-state index contributed by atoms with van der Waals surface area (Å²) in [6, 6.07) is 0. The molecule has 1 aromatic rings. The van der Waals surface area contributed by atoms with Crippen molar-refractivity contribution in [1.29, 1.82) is 0 Å². The Kier molecular flexibility index (Phi) is 3.52. The van der Waals surface area contributed by atoms with E-state index in [0.717, 1.165) is 6.42 Å². The standard InChI is InChI=1S/C9H12N2O2/c1-2-3-8(12)9(13)7-4-10-6-11-5-7/h4-6,8,12H,2-3H2,1H3. The molecule has 1 aromatic heterocycles. The minimum absolute atomic E-state index is 0.303. The van der Waals surface area contributed by atoms with Crippen molar-refractivity contribution in [1.82, 2.24) is 9.97 Å². The molecule has 0 aliphatic carbocycles. The van der Waals surface area contributed by atoms with Gasteiger partial charge in [-0.3, -0.25) is 4.79 Å². The summed E-state index contributed by atoms with van der Waals surface area (Å²) < 4.78 is 0. The molecule has 1 N–H and O–H groups in total. The van der Waals surface area contributed by atoms with Crippen molar-refractivity contribution in [3.63, 3.8) is 0 Å². The summed E-state index contributed by atoms with van der Waals surface area (Å²) in [4.78, 5) is 18.8. The number of Topliss-reactive ketones (excluding diaryl/α,β-unsaturated/α-hetero) is 1. The van der Waals surface area contributed by atoms with Gasteiger partial charge >= 0.3 is 0 Å². The van der Waals surface area contributed by atoms with Gasteiger partial charge in [0.25, 0.3) is 0 Å². The molecule has 1 heterocycles. The molecular formula is C9H12N2O2. The molecule has 0 saturated heterocycles. The van der Waals surface area contributed by atoms with Crippen LogP contribution >= 0.6 is 0 Å². The van der Waals surface area contributed by atoms with E-state index in [0.29, 0.717) is 12.0 Å². The molecule has 0 amide bonds. The SMILES string of the molecule is CCCC(O)C(=O)c1cncnc1. The maximum atomic E-state index is 11.4. The van der Waals surface area contributed by atoms with Crippen molar-refractivity contribution in [3.05, 3.63) is 24.3 Å². The predicted octanol–water partition coefficient (Wildman–Crippen LogP) is 0.820. The Morgan fingerprint density at radius 1 is 1.54 bits per heavy atom. The highest BCUT2D eigenvalue weighted by atomic mass is 16.3. The highest BCUT2D eigenvalue weighted by molar-refractivity contribution is 5.98. The summed E-state index contributed by atoms with van der Waals surface area (Å²) in [7, 11) is 0. The fourth-order valence-electron chi connectivity index (χ4n) is 1.02. The molecule has 1 unspecified atom stereocenters. The lowest BCUT2D eigenvalue weighted by Crippen LogP contribution is -2.20. The number of aliphatic hydroxyl groups is 1. The molecule has 0 fully saturated rings. The summed E-state index contributed by atoms with van der Waals surface area (Å²) in [5.41, 5.74) is 0.364. The first kappa shape index (κ1) is 9.80. The Hall–Kier alpha value is -1.29. The lowest BCUT2D eigenvalue weighted by Gasteiger charge is -2.06. The van der Waals surface area contributed by atoms with Gasteiger partial charge in [-0.1, -0.05) is 13.3 Å². The summed E-state index contributed by atoms with van der Waals surface area (Å²) in [6.45, 7) is 1.91. The Morgan fingerprint density at radius 3 is 2.69 bits per heavy atom. The number of ketones is 1. The van der Waals surface area contributed by atoms with Crippen LogP contribution in [0.15, 0.2) is 18.7 Å². The summed E-state index contributed by atoms with van der Waals surface area (Å²) in [5.74, 6) is -0.303. The lowest BCUT2D eigenvalue weighted by atomic mass is 10.1. The number of carbonyl (C=O) groups excluding carboxylic acids is 1. The number of hydrogen-bond donors (Lipinski definition) is 1. The van der Waals surface area contributed by atoms with E-state index in [1.807, 2.05) is 6.92 Å². The van der Waals surface area contributed by atoms with Gasteiger partial charge in [-0.15, -0.1) is 0 Å². The minimum Gasteiger partial charge on any atom is -0.385 e. The van der Waals surface area contributed by atoms with Gasteiger partial charge in [0.15, 0.2) is 5.78 Å². The zero-order valence-electron chi connectivity index (χ0n) is 7.47. The number of nitrogens with zero attached hydrogens (tertiary/aromatic N) is 2. The second-order valence-electron chi connectivity index (χ2n) is 2.80. The zero-order valence-corrected chi connectivity index (χ0v) is 7.47. The van der Waals surface area contributed by atoms with E-state index in [-0.39, 0.29) is 5.78 Å². The highest BCUT2D eigenvalue weighted by Crippen LogP contribution is 2.04. The molecule has 70 valence electrons. The van der Waals surface area contributed by atoms with Crippen LogP contribution in [0.2, 0.25) is 0 Å². The van der Waals surface area contributed by atoms with Gasteiger partial charge in [-0.25, -0.2) is 9.97 Å². The van der Waals surface area contributed by atoms with Gasteiger partial charge in [0, 0.05) is 12.4 Å². The monoisotopic (exact) mass is 180 g/mol. The van der Waals surface area contributed by atoms with Crippen LogP contribution in [0.25, 0.3) is 0 Å². The number of aromatic nitrogens is 2. The van der Waals surface area contributed by atoms with Crippen LogP contribution in [0, 0.1) is 0 Å². The van der Waals surface area contributed by atoms with Gasteiger partial charge in [-0.2, -0.15) is 0 Å². The summed E-state index contributed by atoms with van der Waals surface area (Å²) in [5, 5.41) is 9.37. The average molecular weight is 180 g/mol. The Morgan fingerprint density at radius 2 is 2.15 bits per heavy atom. The first-order chi connectivity index (χ1) is 6.25. The predicted molar refractivity (Wildman–Crippen MR) is 47.3 cm³/mol. The minimum atomic E-state index is -0.920. The maximum absolute atomic E-state index is 11.4. The Bertz CT molecular complexity index is 274. The van der Waals surface area contributed by atoms with E-state index in [4.69, 9.17) is 0 Å². The molecule has 0 aliphatic rings. The molecule has 0 bridgehead atoms. The van der Waals surface area contributed by atoms with Crippen LogP contribution < -0.4 is 0 Å². The second-order valence-corrected chi connectivity index (χ2v) is 2.80. The summed E-state index contributed by atoms with van der Waals surface area (Å²) >= 11 is 0.